The highest BCUT2D eigenvalue weighted by Crippen LogP contribution is 2.19. The van der Waals surface area contributed by atoms with Gasteiger partial charge in [0.05, 0.1) is 19.8 Å². The lowest BCUT2D eigenvalue weighted by Crippen LogP contribution is -2.32. The summed E-state index contributed by atoms with van der Waals surface area (Å²) < 4.78 is 8.26. The van der Waals surface area contributed by atoms with Crippen LogP contribution in [-0.2, 0) is 17.8 Å². The van der Waals surface area contributed by atoms with E-state index in [-0.39, 0.29) is 0 Å². The monoisotopic (exact) mass is 342 g/mol. The lowest BCUT2D eigenvalue weighted by atomic mass is 10.1. The zero-order valence-corrected chi connectivity index (χ0v) is 14.6. The molecule has 1 atom stereocenters. The van der Waals surface area contributed by atoms with Gasteiger partial charge in [-0.1, -0.05) is 0 Å². The molecule has 1 fully saturated rings. The molecule has 0 amide bonds. The molecule has 0 aliphatic carbocycles. The van der Waals surface area contributed by atoms with Crippen LogP contribution in [0.1, 0.15) is 18.7 Å². The summed E-state index contributed by atoms with van der Waals surface area (Å²) in [6.45, 7) is 7.63. The Balaban J connectivity index is 1.37. The number of rotatable bonds is 6. The van der Waals surface area contributed by atoms with Crippen molar-refractivity contribution < 1.29 is 4.74 Å². The first-order valence-corrected chi connectivity index (χ1v) is 9.20. The lowest BCUT2D eigenvalue weighted by Gasteiger charge is -2.24. The Hall–Kier alpha value is -1.99. The number of imidazole rings is 1. The largest absolute Gasteiger partial charge is 0.380 e. The molecule has 0 radical (unpaired) electrons. The van der Waals surface area contributed by atoms with Crippen LogP contribution >= 0.6 is 0 Å². The summed E-state index contributed by atoms with van der Waals surface area (Å²) in [4.78, 5) is 18.0. The first-order chi connectivity index (χ1) is 12.4. The summed E-state index contributed by atoms with van der Waals surface area (Å²) in [5.74, 6) is 2.23. The number of ether oxygens (including phenoxy) is 1. The molecule has 7 heteroatoms. The summed E-state index contributed by atoms with van der Waals surface area (Å²) >= 11 is 0. The van der Waals surface area contributed by atoms with Gasteiger partial charge in [-0.3, -0.25) is 0 Å². The number of likely N-dealkylation sites (tertiary alicyclic amines) is 1. The first kappa shape index (κ1) is 16.5. The maximum absolute atomic E-state index is 6.02. The minimum absolute atomic E-state index is 0.401. The van der Waals surface area contributed by atoms with Gasteiger partial charge in [0.15, 0.2) is 0 Å². The second-order valence-corrected chi connectivity index (χ2v) is 6.91. The van der Waals surface area contributed by atoms with Crippen LogP contribution in [-0.4, -0.2) is 63.8 Å². The Morgan fingerprint density at radius 1 is 1.04 bits per heavy atom. The maximum Gasteiger partial charge on any atom is 0.225 e. The number of nitrogens with zero attached hydrogens (tertiary/aromatic N) is 6. The van der Waals surface area contributed by atoms with E-state index >= 15 is 0 Å². The minimum Gasteiger partial charge on any atom is -0.380 e. The van der Waals surface area contributed by atoms with Crippen LogP contribution in [0, 0.1) is 5.92 Å². The topological polar surface area (TPSA) is 59.3 Å². The molecule has 25 heavy (non-hydrogen) atoms. The van der Waals surface area contributed by atoms with Crippen LogP contribution in [0.2, 0.25) is 0 Å². The molecule has 4 heterocycles. The van der Waals surface area contributed by atoms with E-state index in [4.69, 9.17) is 4.74 Å². The van der Waals surface area contributed by atoms with E-state index in [1.165, 1.54) is 25.9 Å². The summed E-state index contributed by atoms with van der Waals surface area (Å²) in [7, 11) is 0. The quantitative estimate of drug-likeness (QED) is 0.740. The van der Waals surface area contributed by atoms with E-state index in [9.17, 15) is 0 Å². The van der Waals surface area contributed by atoms with Gasteiger partial charge in [-0.15, -0.1) is 0 Å². The molecule has 0 bridgehead atoms. The molecule has 2 aliphatic heterocycles. The number of aromatic nitrogens is 4. The van der Waals surface area contributed by atoms with Crippen molar-refractivity contribution in [3.05, 3.63) is 36.7 Å². The molecule has 0 spiro atoms. The van der Waals surface area contributed by atoms with Crippen molar-refractivity contribution in [2.24, 2.45) is 5.92 Å². The third-order valence-corrected chi connectivity index (χ3v) is 5.01. The Kier molecular flexibility index (Phi) is 5.22. The van der Waals surface area contributed by atoms with Crippen molar-refractivity contribution >= 4 is 5.95 Å². The summed E-state index contributed by atoms with van der Waals surface area (Å²) in [6.07, 6.45) is 10.2. The highest BCUT2D eigenvalue weighted by Gasteiger charge is 2.24. The molecule has 4 rings (SSSR count). The molecule has 2 aromatic rings. The molecule has 0 aromatic carbocycles. The van der Waals surface area contributed by atoms with E-state index in [1.807, 2.05) is 12.3 Å². The molecule has 7 nitrogen and oxygen atoms in total. The predicted octanol–water partition coefficient (Wildman–Crippen LogP) is 1.42. The smallest absolute Gasteiger partial charge is 0.225 e. The zero-order valence-electron chi connectivity index (χ0n) is 14.6. The standard InChI is InChI=1S/C18H26N6O/c1-2-8-22(7-1)10-11-25-15-16-12-23-9-6-19-17(23)14-24(13-16)18-20-4-3-5-21-18/h3-6,9,16H,1-2,7-8,10-15H2/t16-/m0/s1. The fourth-order valence-electron chi connectivity index (χ4n) is 3.70. The fourth-order valence-corrected chi connectivity index (χ4v) is 3.70. The number of anilines is 1. The van der Waals surface area contributed by atoms with Crippen LogP contribution in [0.3, 0.4) is 0 Å². The second kappa shape index (κ2) is 7.93. The van der Waals surface area contributed by atoms with Gasteiger partial charge in [0.2, 0.25) is 5.95 Å². The van der Waals surface area contributed by atoms with Gasteiger partial charge in [0, 0.05) is 50.3 Å². The molecule has 2 aliphatic rings. The van der Waals surface area contributed by atoms with Crippen molar-refractivity contribution in [1.82, 2.24) is 24.4 Å². The normalized spacial score (nSPS) is 21.3. The van der Waals surface area contributed by atoms with E-state index in [2.05, 4.69) is 35.5 Å². The van der Waals surface area contributed by atoms with Crippen LogP contribution in [0.25, 0.3) is 0 Å². The second-order valence-electron chi connectivity index (χ2n) is 6.91. The Bertz CT molecular complexity index is 655. The molecule has 0 unspecified atom stereocenters. The van der Waals surface area contributed by atoms with Gasteiger partial charge < -0.3 is 19.1 Å². The average molecular weight is 342 g/mol. The van der Waals surface area contributed by atoms with Crippen molar-refractivity contribution in [1.29, 1.82) is 0 Å². The summed E-state index contributed by atoms with van der Waals surface area (Å²) in [6, 6.07) is 1.85. The van der Waals surface area contributed by atoms with Gasteiger partial charge in [0.1, 0.15) is 5.82 Å². The Morgan fingerprint density at radius 2 is 1.88 bits per heavy atom. The molecular formula is C18H26N6O. The van der Waals surface area contributed by atoms with Gasteiger partial charge in [-0.05, 0) is 32.0 Å². The van der Waals surface area contributed by atoms with Crippen molar-refractivity contribution in [3.63, 3.8) is 0 Å². The molecule has 0 saturated carbocycles. The van der Waals surface area contributed by atoms with Gasteiger partial charge in [-0.2, -0.15) is 0 Å². The van der Waals surface area contributed by atoms with E-state index in [0.29, 0.717) is 5.92 Å². The highest BCUT2D eigenvalue weighted by molar-refractivity contribution is 5.29. The molecule has 1 saturated heterocycles. The van der Waals surface area contributed by atoms with Gasteiger partial charge in [0.25, 0.3) is 0 Å². The van der Waals surface area contributed by atoms with Crippen LogP contribution < -0.4 is 4.90 Å². The third-order valence-electron chi connectivity index (χ3n) is 5.01. The third kappa shape index (κ3) is 4.16. The Labute approximate surface area is 148 Å². The maximum atomic E-state index is 6.02. The van der Waals surface area contributed by atoms with Gasteiger partial charge >= 0.3 is 0 Å². The van der Waals surface area contributed by atoms with Crippen molar-refractivity contribution in [2.75, 3.05) is 44.3 Å². The highest BCUT2D eigenvalue weighted by atomic mass is 16.5. The predicted molar refractivity (Wildman–Crippen MR) is 95.3 cm³/mol. The number of hydrogen-bond donors (Lipinski definition) is 0. The number of fused-ring (bicyclic) bond motifs is 1. The SMILES string of the molecule is c1cnc(N2Cc3nccn3C[C@H](COCCN3CCCC3)C2)nc1. The van der Waals surface area contributed by atoms with Crippen LogP contribution in [0.5, 0.6) is 0 Å². The minimum atomic E-state index is 0.401. The fraction of sp³-hybridized carbons (Fsp3) is 0.611. The first-order valence-electron chi connectivity index (χ1n) is 9.20. The van der Waals surface area contributed by atoms with Crippen LogP contribution in [0.15, 0.2) is 30.9 Å². The van der Waals surface area contributed by atoms with Crippen molar-refractivity contribution in [3.8, 4) is 0 Å². The molecular weight excluding hydrogens is 316 g/mol. The molecule has 0 N–H and O–H groups in total. The van der Waals surface area contributed by atoms with E-state index < -0.39 is 0 Å². The van der Waals surface area contributed by atoms with E-state index in [0.717, 1.165) is 51.2 Å². The average Bonchev–Trinajstić information content (AvgIpc) is 3.28. The molecule has 134 valence electrons. The van der Waals surface area contributed by atoms with Crippen molar-refractivity contribution in [2.45, 2.75) is 25.9 Å². The van der Waals surface area contributed by atoms with Crippen LogP contribution in [0.4, 0.5) is 5.95 Å². The number of hydrogen-bond acceptors (Lipinski definition) is 6. The summed E-state index contributed by atoms with van der Waals surface area (Å²) in [5.41, 5.74) is 0. The molecule has 2 aromatic heterocycles. The van der Waals surface area contributed by atoms with Gasteiger partial charge in [-0.25, -0.2) is 15.0 Å². The lowest BCUT2D eigenvalue weighted by molar-refractivity contribution is 0.0800. The summed E-state index contributed by atoms with van der Waals surface area (Å²) in [5, 5.41) is 0. The van der Waals surface area contributed by atoms with E-state index in [1.54, 1.807) is 12.4 Å². The Morgan fingerprint density at radius 3 is 2.72 bits per heavy atom. The zero-order chi connectivity index (χ0) is 16.9.